The van der Waals surface area contributed by atoms with Crippen molar-refractivity contribution in [3.63, 3.8) is 0 Å². The molecule has 0 bridgehead atoms. The molecule has 14 heavy (non-hydrogen) atoms. The highest BCUT2D eigenvalue weighted by atomic mass is 16.7. The number of aliphatic hydroxyl groups excluding tert-OH is 1. The number of aliphatic hydroxyl groups is 2. The number of carbonyl (C=O) groups excluding carboxylic acids is 1. The van der Waals surface area contributed by atoms with Gasteiger partial charge in [0.1, 0.15) is 0 Å². The van der Waals surface area contributed by atoms with Crippen LogP contribution >= 0.6 is 0 Å². The number of hydrogen-bond donors (Lipinski definition) is 2. The Labute approximate surface area is 83.3 Å². The van der Waals surface area contributed by atoms with Gasteiger partial charge >= 0.3 is 6.16 Å². The Morgan fingerprint density at radius 3 is 1.93 bits per heavy atom. The van der Waals surface area contributed by atoms with Gasteiger partial charge in [-0.3, -0.25) is 0 Å². The zero-order chi connectivity index (χ0) is 11.4. The van der Waals surface area contributed by atoms with Crippen LogP contribution in [0.5, 0.6) is 0 Å². The van der Waals surface area contributed by atoms with E-state index in [1.54, 1.807) is 0 Å². The Balaban J connectivity index is 0. The maximum Gasteiger partial charge on any atom is 0.518 e. The molecule has 0 fully saturated rings. The molecule has 0 saturated heterocycles. The zero-order valence-electron chi connectivity index (χ0n) is 8.18. The van der Waals surface area contributed by atoms with Gasteiger partial charge in [0.05, 0.1) is 12.5 Å². The predicted molar refractivity (Wildman–Crippen MR) is 51.1 cm³/mol. The van der Waals surface area contributed by atoms with E-state index in [0.717, 1.165) is 18.9 Å². The van der Waals surface area contributed by atoms with E-state index in [2.05, 4.69) is 22.6 Å². The van der Waals surface area contributed by atoms with E-state index in [0.29, 0.717) is 6.42 Å². The Morgan fingerprint density at radius 1 is 1.36 bits per heavy atom. The lowest BCUT2D eigenvalue weighted by molar-refractivity contribution is -0.0453. The fourth-order valence-corrected chi connectivity index (χ4v) is 0.422. The average molecular weight is 204 g/mol. The molecule has 0 atom stereocenters. The van der Waals surface area contributed by atoms with Gasteiger partial charge in [-0.05, 0) is 6.42 Å². The number of ether oxygens (including phenoxy) is 2. The normalized spacial score (nSPS) is 8.29. The van der Waals surface area contributed by atoms with Crippen molar-refractivity contribution in [2.24, 2.45) is 0 Å². The SMILES string of the molecule is C=COC(=O)OC=C.CCCC(O)O. The van der Waals surface area contributed by atoms with E-state index in [4.69, 9.17) is 10.2 Å². The van der Waals surface area contributed by atoms with E-state index < -0.39 is 12.4 Å². The van der Waals surface area contributed by atoms with Crippen LogP contribution in [0.1, 0.15) is 19.8 Å². The van der Waals surface area contributed by atoms with Crippen LogP contribution in [0.2, 0.25) is 0 Å². The first-order valence-electron chi connectivity index (χ1n) is 4.03. The highest BCUT2D eigenvalue weighted by Gasteiger charge is 1.93. The average Bonchev–Trinajstić information content (AvgIpc) is 2.05. The van der Waals surface area contributed by atoms with Crippen molar-refractivity contribution in [3.8, 4) is 0 Å². The van der Waals surface area contributed by atoms with E-state index in [1.807, 2.05) is 6.92 Å². The van der Waals surface area contributed by atoms with Gasteiger partial charge in [0.25, 0.3) is 0 Å². The molecule has 0 aromatic heterocycles. The van der Waals surface area contributed by atoms with Crippen LogP contribution in [0, 0.1) is 0 Å². The lowest BCUT2D eigenvalue weighted by Crippen LogP contribution is -2.01. The van der Waals surface area contributed by atoms with Gasteiger partial charge in [-0.25, -0.2) is 4.79 Å². The molecule has 0 amide bonds. The van der Waals surface area contributed by atoms with Gasteiger partial charge in [-0.2, -0.15) is 0 Å². The molecule has 0 unspecified atom stereocenters. The smallest absolute Gasteiger partial charge is 0.403 e. The molecule has 0 aliphatic carbocycles. The molecular formula is C9H16O5. The summed E-state index contributed by atoms with van der Waals surface area (Å²) in [6.45, 7) is 8.15. The largest absolute Gasteiger partial charge is 0.518 e. The second-order valence-electron chi connectivity index (χ2n) is 2.09. The summed E-state index contributed by atoms with van der Waals surface area (Å²) in [7, 11) is 0. The first kappa shape index (κ1) is 15.2. The predicted octanol–water partition coefficient (Wildman–Crippen LogP) is 1.52. The first-order valence-corrected chi connectivity index (χ1v) is 4.03. The Kier molecular flexibility index (Phi) is 12.6. The number of rotatable bonds is 4. The third-order valence-electron chi connectivity index (χ3n) is 0.906. The van der Waals surface area contributed by atoms with Crippen molar-refractivity contribution >= 4 is 6.16 Å². The van der Waals surface area contributed by atoms with E-state index in [9.17, 15) is 4.79 Å². The highest BCUT2D eigenvalue weighted by Crippen LogP contribution is 1.88. The molecule has 5 heteroatoms. The summed E-state index contributed by atoms with van der Waals surface area (Å²) in [5, 5.41) is 16.2. The molecule has 0 heterocycles. The van der Waals surface area contributed by atoms with Crippen LogP contribution in [0.3, 0.4) is 0 Å². The third kappa shape index (κ3) is 17.0. The van der Waals surface area contributed by atoms with Crippen molar-refractivity contribution in [1.29, 1.82) is 0 Å². The van der Waals surface area contributed by atoms with E-state index in [1.165, 1.54) is 0 Å². The van der Waals surface area contributed by atoms with Gasteiger partial charge in [-0.1, -0.05) is 26.5 Å². The summed E-state index contributed by atoms with van der Waals surface area (Å²) in [6.07, 6.45) is 1.35. The minimum Gasteiger partial charge on any atom is -0.403 e. The van der Waals surface area contributed by atoms with Gasteiger partial charge in [0, 0.05) is 0 Å². The molecule has 0 aliphatic rings. The molecule has 0 aromatic rings. The summed E-state index contributed by atoms with van der Waals surface area (Å²) >= 11 is 0. The fourth-order valence-electron chi connectivity index (χ4n) is 0.422. The van der Waals surface area contributed by atoms with Crippen LogP contribution in [-0.2, 0) is 9.47 Å². The Hall–Kier alpha value is -1.33. The van der Waals surface area contributed by atoms with Crippen LogP contribution in [0.15, 0.2) is 25.7 Å². The molecule has 0 saturated carbocycles. The molecule has 0 spiro atoms. The quantitative estimate of drug-likeness (QED) is 0.412. The maximum absolute atomic E-state index is 10.1. The summed E-state index contributed by atoms with van der Waals surface area (Å²) in [6, 6.07) is 0. The monoisotopic (exact) mass is 204 g/mol. The molecule has 5 nitrogen and oxygen atoms in total. The molecule has 0 aliphatic heterocycles. The summed E-state index contributed by atoms with van der Waals surface area (Å²) in [5.41, 5.74) is 0. The van der Waals surface area contributed by atoms with Crippen molar-refractivity contribution in [3.05, 3.63) is 25.7 Å². The summed E-state index contributed by atoms with van der Waals surface area (Å²) in [4.78, 5) is 10.1. The van der Waals surface area contributed by atoms with Crippen molar-refractivity contribution in [2.75, 3.05) is 0 Å². The number of hydrogen-bond acceptors (Lipinski definition) is 5. The lowest BCUT2D eigenvalue weighted by atomic mass is 10.3. The van der Waals surface area contributed by atoms with E-state index >= 15 is 0 Å². The van der Waals surface area contributed by atoms with Gasteiger partial charge in [-0.15, -0.1) is 0 Å². The molecular weight excluding hydrogens is 188 g/mol. The molecule has 82 valence electrons. The summed E-state index contributed by atoms with van der Waals surface area (Å²) in [5.74, 6) is 0. The van der Waals surface area contributed by atoms with Gasteiger partial charge < -0.3 is 19.7 Å². The maximum atomic E-state index is 10.1. The van der Waals surface area contributed by atoms with Crippen molar-refractivity contribution in [1.82, 2.24) is 0 Å². The second-order valence-corrected chi connectivity index (χ2v) is 2.09. The highest BCUT2D eigenvalue weighted by molar-refractivity contribution is 5.61. The van der Waals surface area contributed by atoms with Gasteiger partial charge in [0.2, 0.25) is 0 Å². The number of carbonyl (C=O) groups is 1. The van der Waals surface area contributed by atoms with Crippen molar-refractivity contribution in [2.45, 2.75) is 26.1 Å². The van der Waals surface area contributed by atoms with Crippen LogP contribution in [0.4, 0.5) is 4.79 Å². The minimum absolute atomic E-state index is 0.486. The minimum atomic E-state index is -1.10. The lowest BCUT2D eigenvalue weighted by Gasteiger charge is -1.94. The standard InChI is InChI=1S/C5H6O3.C4H10O2/c1-3-7-5(6)8-4-2;1-2-3-4(5)6/h3-4H,1-2H2;4-6H,2-3H2,1H3. The second kappa shape index (κ2) is 11.7. The topological polar surface area (TPSA) is 76.0 Å². The van der Waals surface area contributed by atoms with Crippen molar-refractivity contribution < 1.29 is 24.5 Å². The third-order valence-corrected chi connectivity index (χ3v) is 0.906. The van der Waals surface area contributed by atoms with Crippen LogP contribution in [0.25, 0.3) is 0 Å². The van der Waals surface area contributed by atoms with Crippen LogP contribution < -0.4 is 0 Å². The Morgan fingerprint density at radius 2 is 1.79 bits per heavy atom. The molecule has 0 radical (unpaired) electrons. The van der Waals surface area contributed by atoms with Gasteiger partial charge in [0.15, 0.2) is 6.29 Å². The zero-order valence-corrected chi connectivity index (χ0v) is 8.18. The fraction of sp³-hybridized carbons (Fsp3) is 0.444. The molecule has 2 N–H and O–H groups in total. The first-order chi connectivity index (χ1) is 6.58. The Bertz CT molecular complexity index is 153. The van der Waals surface area contributed by atoms with E-state index in [-0.39, 0.29) is 0 Å². The molecule has 0 aromatic carbocycles. The summed E-state index contributed by atoms with van der Waals surface area (Å²) < 4.78 is 8.23. The van der Waals surface area contributed by atoms with Crippen LogP contribution in [-0.4, -0.2) is 22.7 Å². The molecule has 0 rings (SSSR count).